The van der Waals surface area contributed by atoms with Crippen LogP contribution in [0, 0.1) is 5.92 Å². The van der Waals surface area contributed by atoms with E-state index in [0.29, 0.717) is 6.42 Å². The highest BCUT2D eigenvalue weighted by Gasteiger charge is 2.05. The van der Waals surface area contributed by atoms with E-state index in [4.69, 9.17) is 0 Å². The molecule has 0 aliphatic rings. The predicted molar refractivity (Wildman–Crippen MR) is 48.8 cm³/mol. The third-order valence-corrected chi connectivity index (χ3v) is 1.89. The maximum atomic E-state index is 10.6. The van der Waals surface area contributed by atoms with Crippen LogP contribution < -0.4 is 5.11 Å². The Kier molecular flexibility index (Phi) is 3.26. The van der Waals surface area contributed by atoms with E-state index in [2.05, 4.69) is 6.58 Å². The van der Waals surface area contributed by atoms with Gasteiger partial charge in [0.05, 0.1) is 0 Å². The minimum absolute atomic E-state index is 0.451. The Labute approximate surface area is 77.5 Å². The number of rotatable bonds is 4. The summed E-state index contributed by atoms with van der Waals surface area (Å²) in [6.45, 7) is 3.46. The zero-order chi connectivity index (χ0) is 9.68. The van der Waals surface area contributed by atoms with Crippen molar-refractivity contribution < 1.29 is 9.90 Å². The number of carboxylic acids is 1. The molecule has 2 heteroatoms. The number of hydrogen-bond acceptors (Lipinski definition) is 2. The van der Waals surface area contributed by atoms with Gasteiger partial charge in [0.1, 0.15) is 0 Å². The van der Waals surface area contributed by atoms with Crippen molar-refractivity contribution in [3.63, 3.8) is 0 Å². The Morgan fingerprint density at radius 3 is 2.54 bits per heavy atom. The van der Waals surface area contributed by atoms with Gasteiger partial charge in [0.15, 0.2) is 0 Å². The second-order valence-corrected chi connectivity index (χ2v) is 2.85. The molecule has 1 unspecified atom stereocenters. The van der Waals surface area contributed by atoms with Gasteiger partial charge in [0, 0.05) is 11.9 Å². The molecule has 0 aliphatic carbocycles. The topological polar surface area (TPSA) is 40.1 Å². The van der Waals surface area contributed by atoms with E-state index in [1.54, 1.807) is 0 Å². The first-order chi connectivity index (χ1) is 6.24. The molecule has 0 N–H and O–H groups in total. The van der Waals surface area contributed by atoms with Crippen molar-refractivity contribution in [2.45, 2.75) is 6.42 Å². The monoisotopic (exact) mass is 175 g/mol. The summed E-state index contributed by atoms with van der Waals surface area (Å²) in [5, 5.41) is 10.6. The first kappa shape index (κ1) is 9.52. The highest BCUT2D eigenvalue weighted by molar-refractivity contribution is 5.70. The van der Waals surface area contributed by atoms with Gasteiger partial charge < -0.3 is 9.90 Å². The fourth-order valence-electron chi connectivity index (χ4n) is 1.13. The van der Waals surface area contributed by atoms with E-state index in [-0.39, 0.29) is 0 Å². The maximum absolute atomic E-state index is 10.6. The van der Waals surface area contributed by atoms with Gasteiger partial charge >= 0.3 is 0 Å². The van der Waals surface area contributed by atoms with Crippen molar-refractivity contribution in [1.82, 2.24) is 0 Å². The highest BCUT2D eigenvalue weighted by Crippen LogP contribution is 2.08. The molecule has 2 nitrogen and oxygen atoms in total. The van der Waals surface area contributed by atoms with E-state index in [1.165, 1.54) is 6.08 Å². The Balaban J connectivity index is 2.67. The van der Waals surface area contributed by atoms with Gasteiger partial charge in [-0.05, 0) is 12.0 Å². The summed E-state index contributed by atoms with van der Waals surface area (Å²) in [6, 6.07) is 9.43. The van der Waals surface area contributed by atoms with Gasteiger partial charge in [-0.1, -0.05) is 36.4 Å². The molecule has 0 amide bonds. The first-order valence-corrected chi connectivity index (χ1v) is 4.11. The lowest BCUT2D eigenvalue weighted by molar-refractivity contribution is -0.309. The fraction of sp³-hybridized carbons (Fsp3) is 0.182. The van der Waals surface area contributed by atoms with Crippen LogP contribution >= 0.6 is 0 Å². The Morgan fingerprint density at radius 2 is 2.08 bits per heavy atom. The molecule has 68 valence electrons. The van der Waals surface area contributed by atoms with Crippen molar-refractivity contribution in [2.75, 3.05) is 0 Å². The SMILES string of the molecule is C=CC(Cc1ccccc1)C(=O)[O-]. The van der Waals surface area contributed by atoms with Gasteiger partial charge in [-0.3, -0.25) is 0 Å². The van der Waals surface area contributed by atoms with Crippen molar-refractivity contribution in [1.29, 1.82) is 0 Å². The molecule has 0 bridgehead atoms. The minimum atomic E-state index is -1.07. The molecule has 0 saturated carbocycles. The molecule has 1 rings (SSSR count). The van der Waals surface area contributed by atoms with E-state index >= 15 is 0 Å². The Hall–Kier alpha value is -1.57. The number of carbonyl (C=O) groups excluding carboxylic acids is 1. The van der Waals surface area contributed by atoms with Crippen molar-refractivity contribution >= 4 is 5.97 Å². The lowest BCUT2D eigenvalue weighted by Crippen LogP contribution is -2.31. The number of benzene rings is 1. The first-order valence-electron chi connectivity index (χ1n) is 4.11. The van der Waals surface area contributed by atoms with E-state index in [9.17, 15) is 9.90 Å². The highest BCUT2D eigenvalue weighted by atomic mass is 16.4. The number of aliphatic carboxylic acids is 1. The van der Waals surface area contributed by atoms with Crippen LogP contribution in [-0.4, -0.2) is 5.97 Å². The average Bonchev–Trinajstić information content (AvgIpc) is 2.15. The molecule has 1 aromatic rings. The zero-order valence-corrected chi connectivity index (χ0v) is 7.27. The number of hydrogen-bond donors (Lipinski definition) is 0. The molecular formula is C11H11O2-. The molecule has 0 heterocycles. The summed E-state index contributed by atoms with van der Waals surface area (Å²) in [5.41, 5.74) is 0.983. The zero-order valence-electron chi connectivity index (χ0n) is 7.27. The minimum Gasteiger partial charge on any atom is -0.550 e. The van der Waals surface area contributed by atoms with Crippen LogP contribution in [-0.2, 0) is 11.2 Å². The Morgan fingerprint density at radius 1 is 1.46 bits per heavy atom. The van der Waals surface area contributed by atoms with Crippen molar-refractivity contribution in [3.8, 4) is 0 Å². The molecule has 0 spiro atoms. The molecule has 0 fully saturated rings. The molecule has 1 atom stereocenters. The lowest BCUT2D eigenvalue weighted by Gasteiger charge is -2.12. The van der Waals surface area contributed by atoms with E-state index in [0.717, 1.165) is 5.56 Å². The third kappa shape index (κ3) is 2.75. The molecule has 1 aromatic carbocycles. The van der Waals surface area contributed by atoms with E-state index < -0.39 is 11.9 Å². The summed E-state index contributed by atoms with van der Waals surface area (Å²) in [7, 11) is 0. The van der Waals surface area contributed by atoms with Gasteiger partial charge in [0.25, 0.3) is 0 Å². The van der Waals surface area contributed by atoms with Gasteiger partial charge in [0.2, 0.25) is 0 Å². The normalized spacial score (nSPS) is 12.0. The number of carboxylic acid groups (broad SMARTS) is 1. The maximum Gasteiger partial charge on any atom is 0.0486 e. The van der Waals surface area contributed by atoms with Gasteiger partial charge in [-0.2, -0.15) is 0 Å². The third-order valence-electron chi connectivity index (χ3n) is 1.89. The summed E-state index contributed by atoms with van der Waals surface area (Å²) in [5.74, 6) is -1.67. The van der Waals surface area contributed by atoms with Crippen LogP contribution in [0.15, 0.2) is 43.0 Å². The van der Waals surface area contributed by atoms with Gasteiger partial charge in [-0.25, -0.2) is 0 Å². The second-order valence-electron chi connectivity index (χ2n) is 2.85. The second kappa shape index (κ2) is 4.45. The molecular weight excluding hydrogens is 164 g/mol. The van der Waals surface area contributed by atoms with Crippen molar-refractivity contribution in [3.05, 3.63) is 48.6 Å². The fourth-order valence-corrected chi connectivity index (χ4v) is 1.13. The summed E-state index contributed by atoms with van der Waals surface area (Å²) in [6.07, 6.45) is 1.86. The average molecular weight is 175 g/mol. The van der Waals surface area contributed by atoms with Crippen LogP contribution in [0.25, 0.3) is 0 Å². The summed E-state index contributed by atoms with van der Waals surface area (Å²) < 4.78 is 0. The van der Waals surface area contributed by atoms with Crippen LogP contribution in [0.2, 0.25) is 0 Å². The van der Waals surface area contributed by atoms with Gasteiger partial charge in [-0.15, -0.1) is 6.58 Å². The lowest BCUT2D eigenvalue weighted by atomic mass is 10.00. The quantitative estimate of drug-likeness (QED) is 0.634. The largest absolute Gasteiger partial charge is 0.550 e. The van der Waals surface area contributed by atoms with Crippen LogP contribution in [0.3, 0.4) is 0 Å². The number of carbonyl (C=O) groups is 1. The summed E-state index contributed by atoms with van der Waals surface area (Å²) >= 11 is 0. The molecule has 0 saturated heterocycles. The standard InChI is InChI=1S/C11H12O2/c1-2-10(11(12)13)8-9-6-4-3-5-7-9/h2-7,10H,1,8H2,(H,12,13)/p-1. The predicted octanol–water partition coefficient (Wildman–Crippen LogP) is 0.781. The Bertz CT molecular complexity index is 290. The van der Waals surface area contributed by atoms with Crippen LogP contribution in [0.4, 0.5) is 0 Å². The van der Waals surface area contributed by atoms with Crippen LogP contribution in [0.1, 0.15) is 5.56 Å². The van der Waals surface area contributed by atoms with Crippen LogP contribution in [0.5, 0.6) is 0 Å². The van der Waals surface area contributed by atoms with E-state index in [1.807, 2.05) is 30.3 Å². The molecule has 0 aromatic heterocycles. The molecule has 0 aliphatic heterocycles. The van der Waals surface area contributed by atoms with Crippen molar-refractivity contribution in [2.24, 2.45) is 5.92 Å². The summed E-state index contributed by atoms with van der Waals surface area (Å²) in [4.78, 5) is 10.6. The smallest absolute Gasteiger partial charge is 0.0486 e. The molecule has 0 radical (unpaired) electrons. The molecule has 13 heavy (non-hydrogen) atoms.